The normalized spacial score (nSPS) is 24.6. The first-order valence-electron chi connectivity index (χ1n) is 7.89. The van der Waals surface area contributed by atoms with E-state index >= 15 is 0 Å². The fourth-order valence-corrected chi connectivity index (χ4v) is 3.66. The van der Waals surface area contributed by atoms with Crippen LogP contribution in [0.2, 0.25) is 5.02 Å². The minimum atomic E-state index is 0.647. The molecule has 1 aliphatic carbocycles. The molecule has 0 spiro atoms. The zero-order valence-electron chi connectivity index (χ0n) is 12.0. The van der Waals surface area contributed by atoms with Gasteiger partial charge in [0, 0.05) is 23.6 Å². The lowest BCUT2D eigenvalue weighted by molar-refractivity contribution is 0.139. The van der Waals surface area contributed by atoms with Gasteiger partial charge in [-0.2, -0.15) is 0 Å². The third kappa shape index (κ3) is 3.36. The van der Waals surface area contributed by atoms with Crippen molar-refractivity contribution < 1.29 is 4.74 Å². The highest BCUT2D eigenvalue weighted by Crippen LogP contribution is 2.35. The summed E-state index contributed by atoms with van der Waals surface area (Å²) >= 11 is 6.22. The third-order valence-corrected chi connectivity index (χ3v) is 5.23. The highest BCUT2D eigenvalue weighted by atomic mass is 35.5. The summed E-state index contributed by atoms with van der Waals surface area (Å²) in [7, 11) is 0. The van der Waals surface area contributed by atoms with E-state index in [1.807, 2.05) is 12.1 Å². The van der Waals surface area contributed by atoms with Crippen LogP contribution in [0.25, 0.3) is 0 Å². The summed E-state index contributed by atoms with van der Waals surface area (Å²) in [5, 5.41) is 4.69. The van der Waals surface area contributed by atoms with Crippen LogP contribution in [0.4, 0.5) is 0 Å². The fraction of sp³-hybridized carbons (Fsp3) is 0.647. The third-order valence-electron chi connectivity index (χ3n) is 4.86. The zero-order chi connectivity index (χ0) is 13.8. The van der Waals surface area contributed by atoms with Gasteiger partial charge in [-0.3, -0.25) is 0 Å². The quantitative estimate of drug-likeness (QED) is 0.864. The first kappa shape index (κ1) is 14.4. The number of halogens is 1. The van der Waals surface area contributed by atoms with E-state index in [4.69, 9.17) is 16.3 Å². The number of nitrogens with one attached hydrogen (secondary N) is 1. The molecule has 110 valence electrons. The molecule has 0 aromatic heterocycles. The molecule has 0 amide bonds. The van der Waals surface area contributed by atoms with Gasteiger partial charge in [-0.05, 0) is 49.8 Å². The van der Waals surface area contributed by atoms with Gasteiger partial charge in [-0.1, -0.05) is 36.2 Å². The van der Waals surface area contributed by atoms with Crippen LogP contribution in [-0.4, -0.2) is 25.8 Å². The average Bonchev–Trinajstić information content (AvgIpc) is 2.91. The Hall–Kier alpha value is -0.570. The molecule has 3 rings (SSSR count). The lowest BCUT2D eigenvalue weighted by atomic mass is 9.74. The Morgan fingerprint density at radius 2 is 2.05 bits per heavy atom. The Kier molecular flexibility index (Phi) is 4.98. The topological polar surface area (TPSA) is 21.3 Å². The van der Waals surface area contributed by atoms with Crippen LogP contribution < -0.4 is 5.32 Å². The Bertz CT molecular complexity index is 427. The fourth-order valence-electron chi connectivity index (χ4n) is 3.43. The van der Waals surface area contributed by atoms with E-state index in [0.29, 0.717) is 12.0 Å². The average molecular weight is 294 g/mol. The van der Waals surface area contributed by atoms with Crippen molar-refractivity contribution in [3.05, 3.63) is 34.9 Å². The lowest BCUT2D eigenvalue weighted by Crippen LogP contribution is -2.46. The van der Waals surface area contributed by atoms with Gasteiger partial charge in [-0.25, -0.2) is 0 Å². The molecule has 1 aliphatic heterocycles. The van der Waals surface area contributed by atoms with Crippen molar-refractivity contribution in [2.45, 2.75) is 38.1 Å². The second-order valence-corrected chi connectivity index (χ2v) is 6.54. The molecule has 3 heteroatoms. The summed E-state index contributed by atoms with van der Waals surface area (Å²) in [6.45, 7) is 2.90. The van der Waals surface area contributed by atoms with Crippen LogP contribution in [0.15, 0.2) is 24.3 Å². The summed E-state index contributed by atoms with van der Waals surface area (Å²) in [5.41, 5.74) is 1.25. The summed E-state index contributed by atoms with van der Waals surface area (Å²) in [4.78, 5) is 0. The van der Waals surface area contributed by atoms with Gasteiger partial charge in [0.15, 0.2) is 0 Å². The van der Waals surface area contributed by atoms with Gasteiger partial charge in [0.05, 0.1) is 6.61 Å². The smallest absolute Gasteiger partial charge is 0.0510 e. The van der Waals surface area contributed by atoms with Crippen molar-refractivity contribution >= 4 is 11.6 Å². The maximum atomic E-state index is 6.22. The second-order valence-electron chi connectivity index (χ2n) is 6.14. The first-order chi connectivity index (χ1) is 9.84. The van der Waals surface area contributed by atoms with E-state index in [9.17, 15) is 0 Å². The van der Waals surface area contributed by atoms with E-state index in [2.05, 4.69) is 17.4 Å². The summed E-state index contributed by atoms with van der Waals surface area (Å²) in [6.07, 6.45) is 6.41. The Balaban J connectivity index is 1.53. The van der Waals surface area contributed by atoms with Crippen LogP contribution in [0.3, 0.4) is 0 Å². The van der Waals surface area contributed by atoms with Crippen LogP contribution in [0, 0.1) is 11.8 Å². The molecule has 1 saturated heterocycles. The van der Waals surface area contributed by atoms with Crippen LogP contribution >= 0.6 is 11.6 Å². The van der Waals surface area contributed by atoms with Crippen molar-refractivity contribution in [3.63, 3.8) is 0 Å². The van der Waals surface area contributed by atoms with Crippen LogP contribution in [0.1, 0.15) is 31.2 Å². The summed E-state index contributed by atoms with van der Waals surface area (Å²) in [5.74, 6) is 1.58. The molecule has 1 N–H and O–H groups in total. The minimum Gasteiger partial charge on any atom is -0.381 e. The van der Waals surface area contributed by atoms with Gasteiger partial charge < -0.3 is 10.1 Å². The SMILES string of the molecule is Clc1ccccc1CCNC(C1CCC1)C1CCOC1. The largest absolute Gasteiger partial charge is 0.381 e. The standard InChI is InChI=1S/C17H24ClNO/c18-16-7-2-1-4-13(16)8-10-19-17(14-5-3-6-14)15-9-11-20-12-15/h1-2,4,7,14-15,17,19H,3,5-6,8-12H2. The monoisotopic (exact) mass is 293 g/mol. The van der Waals surface area contributed by atoms with Gasteiger partial charge in [-0.15, -0.1) is 0 Å². The molecule has 2 unspecified atom stereocenters. The Morgan fingerprint density at radius 1 is 1.20 bits per heavy atom. The molecule has 2 aliphatic rings. The summed E-state index contributed by atoms with van der Waals surface area (Å²) < 4.78 is 5.58. The summed E-state index contributed by atoms with van der Waals surface area (Å²) in [6, 6.07) is 8.81. The van der Waals surface area contributed by atoms with Crippen molar-refractivity contribution in [3.8, 4) is 0 Å². The van der Waals surface area contributed by atoms with Gasteiger partial charge in [0.25, 0.3) is 0 Å². The molecule has 0 bridgehead atoms. The number of hydrogen-bond donors (Lipinski definition) is 1. The maximum Gasteiger partial charge on any atom is 0.0510 e. The Morgan fingerprint density at radius 3 is 2.70 bits per heavy atom. The zero-order valence-corrected chi connectivity index (χ0v) is 12.7. The van der Waals surface area contributed by atoms with Crippen LogP contribution in [0.5, 0.6) is 0 Å². The number of hydrogen-bond acceptors (Lipinski definition) is 2. The second kappa shape index (κ2) is 6.93. The number of benzene rings is 1. The van der Waals surface area contributed by atoms with E-state index in [0.717, 1.165) is 37.1 Å². The minimum absolute atomic E-state index is 0.647. The van der Waals surface area contributed by atoms with E-state index in [1.54, 1.807) is 0 Å². The molecule has 1 saturated carbocycles. The number of ether oxygens (including phenoxy) is 1. The van der Waals surface area contributed by atoms with E-state index < -0.39 is 0 Å². The highest BCUT2D eigenvalue weighted by Gasteiger charge is 2.34. The van der Waals surface area contributed by atoms with E-state index in [-0.39, 0.29) is 0 Å². The molecular weight excluding hydrogens is 270 g/mol. The molecule has 1 heterocycles. The molecule has 1 aromatic carbocycles. The Labute approximate surface area is 126 Å². The highest BCUT2D eigenvalue weighted by molar-refractivity contribution is 6.31. The molecule has 2 fully saturated rings. The number of rotatable bonds is 6. The lowest BCUT2D eigenvalue weighted by Gasteiger charge is -2.37. The van der Waals surface area contributed by atoms with Crippen molar-refractivity contribution in [1.82, 2.24) is 5.32 Å². The van der Waals surface area contributed by atoms with Crippen LogP contribution in [-0.2, 0) is 11.2 Å². The molecule has 0 radical (unpaired) electrons. The predicted octanol–water partition coefficient (Wildman–Crippen LogP) is 3.68. The first-order valence-corrected chi connectivity index (χ1v) is 8.27. The van der Waals surface area contributed by atoms with Gasteiger partial charge in [0.2, 0.25) is 0 Å². The molecule has 2 nitrogen and oxygen atoms in total. The molecule has 1 aromatic rings. The molecule has 20 heavy (non-hydrogen) atoms. The van der Waals surface area contributed by atoms with Crippen molar-refractivity contribution in [2.75, 3.05) is 19.8 Å². The van der Waals surface area contributed by atoms with Gasteiger partial charge in [0.1, 0.15) is 0 Å². The van der Waals surface area contributed by atoms with Gasteiger partial charge >= 0.3 is 0 Å². The maximum absolute atomic E-state index is 6.22. The molecule has 2 atom stereocenters. The van der Waals surface area contributed by atoms with E-state index in [1.165, 1.54) is 31.2 Å². The van der Waals surface area contributed by atoms with Crippen molar-refractivity contribution in [1.29, 1.82) is 0 Å². The van der Waals surface area contributed by atoms with Crippen molar-refractivity contribution in [2.24, 2.45) is 11.8 Å². The predicted molar refractivity (Wildman–Crippen MR) is 83.2 cm³/mol. The molecular formula is C17H24ClNO.